The largest absolute Gasteiger partial charge is 0.483 e. The van der Waals surface area contributed by atoms with Crippen LogP contribution in [0.25, 0.3) is 0 Å². The van der Waals surface area contributed by atoms with Crippen LogP contribution < -0.4 is 9.47 Å². The number of rotatable bonds is 3. The van der Waals surface area contributed by atoms with Gasteiger partial charge in [-0.2, -0.15) is 0 Å². The summed E-state index contributed by atoms with van der Waals surface area (Å²) >= 11 is 0. The van der Waals surface area contributed by atoms with Crippen LogP contribution >= 0.6 is 0 Å². The number of carboxylic acid groups (broad SMARTS) is 1. The van der Waals surface area contributed by atoms with Gasteiger partial charge in [-0.05, 0) is 26.0 Å². The summed E-state index contributed by atoms with van der Waals surface area (Å²) in [4.78, 5) is 10.8. The zero-order valence-corrected chi connectivity index (χ0v) is 11.2. The van der Waals surface area contributed by atoms with Crippen molar-refractivity contribution in [3.05, 3.63) is 41.7 Å². The van der Waals surface area contributed by atoms with Gasteiger partial charge in [0.15, 0.2) is 11.5 Å². The van der Waals surface area contributed by atoms with Crippen LogP contribution in [0, 0.1) is 0 Å². The van der Waals surface area contributed by atoms with Crippen molar-refractivity contribution in [2.45, 2.75) is 25.9 Å². The number of carbonyl (C=O) groups is 1. The Kier molecular flexibility index (Phi) is 2.71. The van der Waals surface area contributed by atoms with Crippen LogP contribution in [0.15, 0.2) is 34.7 Å². The predicted octanol–water partition coefficient (Wildman–Crippen LogP) is 3.48. The molecule has 104 valence electrons. The third kappa shape index (κ3) is 2.22. The quantitative estimate of drug-likeness (QED) is 0.927. The average molecular weight is 274 g/mol. The monoisotopic (exact) mass is 274 g/mol. The summed E-state index contributed by atoms with van der Waals surface area (Å²) in [6.07, 6.45) is 0.804. The molecule has 5 heteroatoms. The number of fused-ring (bicyclic) bond motifs is 1. The van der Waals surface area contributed by atoms with E-state index in [4.69, 9.17) is 19.0 Å². The third-order valence-corrected chi connectivity index (χ3v) is 3.06. The molecule has 20 heavy (non-hydrogen) atoms. The minimum atomic E-state index is -1.13. The zero-order chi connectivity index (χ0) is 14.3. The molecule has 1 aliphatic heterocycles. The van der Waals surface area contributed by atoms with Crippen LogP contribution in [0.5, 0.6) is 17.4 Å². The molecule has 1 aliphatic rings. The molecule has 0 amide bonds. The lowest BCUT2D eigenvalue weighted by Gasteiger charge is -2.17. The smallest absolute Gasteiger partial charge is 0.371 e. The molecule has 0 aliphatic carbocycles. The molecule has 0 saturated carbocycles. The molecule has 0 atom stereocenters. The number of aromatic carboxylic acids is 1. The minimum Gasteiger partial charge on any atom is -0.483 e. The van der Waals surface area contributed by atoms with E-state index in [1.165, 1.54) is 12.1 Å². The number of para-hydroxylation sites is 1. The second-order valence-electron chi connectivity index (χ2n) is 5.31. The van der Waals surface area contributed by atoms with Crippen molar-refractivity contribution in [3.8, 4) is 17.4 Å². The van der Waals surface area contributed by atoms with Crippen molar-refractivity contribution in [1.29, 1.82) is 0 Å². The zero-order valence-electron chi connectivity index (χ0n) is 11.2. The highest BCUT2D eigenvalue weighted by Gasteiger charge is 2.32. The van der Waals surface area contributed by atoms with E-state index in [0.29, 0.717) is 11.5 Å². The summed E-state index contributed by atoms with van der Waals surface area (Å²) in [5.41, 5.74) is 0.800. The molecule has 1 N–H and O–H groups in total. The van der Waals surface area contributed by atoms with Crippen molar-refractivity contribution in [2.75, 3.05) is 0 Å². The Morgan fingerprint density at radius 3 is 2.80 bits per heavy atom. The molecule has 0 radical (unpaired) electrons. The van der Waals surface area contributed by atoms with Crippen LogP contribution in [-0.4, -0.2) is 16.7 Å². The predicted molar refractivity (Wildman–Crippen MR) is 70.6 cm³/mol. The van der Waals surface area contributed by atoms with Gasteiger partial charge >= 0.3 is 5.97 Å². The maximum Gasteiger partial charge on any atom is 0.371 e. The molecule has 0 bridgehead atoms. The van der Waals surface area contributed by atoms with Gasteiger partial charge in [0, 0.05) is 18.1 Å². The summed E-state index contributed by atoms with van der Waals surface area (Å²) in [7, 11) is 0. The highest BCUT2D eigenvalue weighted by Crippen LogP contribution is 2.43. The van der Waals surface area contributed by atoms with E-state index in [1.54, 1.807) is 6.07 Å². The van der Waals surface area contributed by atoms with Gasteiger partial charge in [-0.15, -0.1) is 0 Å². The number of hydrogen-bond acceptors (Lipinski definition) is 4. The van der Waals surface area contributed by atoms with Crippen molar-refractivity contribution < 1.29 is 23.8 Å². The van der Waals surface area contributed by atoms with Crippen LogP contribution in [0.1, 0.15) is 30.0 Å². The Morgan fingerprint density at radius 2 is 2.10 bits per heavy atom. The minimum absolute atomic E-state index is 0.129. The maximum absolute atomic E-state index is 10.8. The van der Waals surface area contributed by atoms with Gasteiger partial charge in [-0.3, -0.25) is 0 Å². The van der Waals surface area contributed by atoms with Gasteiger partial charge in [-0.25, -0.2) is 4.79 Å². The standard InChI is InChI=1S/C15H14O5/c1-15(2)8-9-4-3-5-10(13(9)20-15)18-12-7-6-11(19-12)14(16)17/h3-7H,8H2,1-2H3,(H,16,17). The lowest BCUT2D eigenvalue weighted by atomic mass is 10.0. The summed E-state index contributed by atoms with van der Waals surface area (Å²) in [5, 5.41) is 8.81. The second kappa shape index (κ2) is 4.30. The molecular formula is C15H14O5. The topological polar surface area (TPSA) is 68.9 Å². The Hall–Kier alpha value is -2.43. The first-order valence-electron chi connectivity index (χ1n) is 6.26. The van der Waals surface area contributed by atoms with E-state index in [9.17, 15) is 4.79 Å². The molecule has 1 aromatic carbocycles. The van der Waals surface area contributed by atoms with Crippen LogP contribution in [0.3, 0.4) is 0 Å². The molecule has 2 aromatic rings. The van der Waals surface area contributed by atoms with E-state index in [-0.39, 0.29) is 17.3 Å². The first-order valence-corrected chi connectivity index (χ1v) is 6.26. The molecular weight excluding hydrogens is 260 g/mol. The number of benzene rings is 1. The summed E-state index contributed by atoms with van der Waals surface area (Å²) in [6.45, 7) is 4.01. The second-order valence-corrected chi connectivity index (χ2v) is 5.31. The lowest BCUT2D eigenvalue weighted by molar-refractivity contribution is 0.0657. The summed E-state index contributed by atoms with van der Waals surface area (Å²) in [6, 6.07) is 8.46. The third-order valence-electron chi connectivity index (χ3n) is 3.06. The Bertz CT molecular complexity index is 669. The van der Waals surface area contributed by atoms with Crippen molar-refractivity contribution in [1.82, 2.24) is 0 Å². The molecule has 1 aromatic heterocycles. The van der Waals surface area contributed by atoms with Gasteiger partial charge in [0.1, 0.15) is 5.60 Å². The number of furan rings is 1. The highest BCUT2D eigenvalue weighted by atomic mass is 16.6. The fraction of sp³-hybridized carbons (Fsp3) is 0.267. The van der Waals surface area contributed by atoms with Crippen LogP contribution in [0.4, 0.5) is 0 Å². The molecule has 5 nitrogen and oxygen atoms in total. The molecule has 0 unspecified atom stereocenters. The van der Waals surface area contributed by atoms with E-state index in [0.717, 1.165) is 12.0 Å². The SMILES string of the molecule is CC1(C)Cc2cccc(Oc3ccc(C(=O)O)o3)c2O1. The molecule has 2 heterocycles. The Labute approximate surface area is 115 Å². The van der Waals surface area contributed by atoms with Gasteiger partial charge in [0.05, 0.1) is 0 Å². The van der Waals surface area contributed by atoms with Crippen molar-refractivity contribution in [3.63, 3.8) is 0 Å². The van der Waals surface area contributed by atoms with E-state index >= 15 is 0 Å². The van der Waals surface area contributed by atoms with Gasteiger partial charge in [-0.1, -0.05) is 12.1 Å². The van der Waals surface area contributed by atoms with E-state index < -0.39 is 5.97 Å². The summed E-state index contributed by atoms with van der Waals surface area (Å²) < 4.78 is 16.5. The average Bonchev–Trinajstić information content (AvgIpc) is 2.92. The first-order chi connectivity index (χ1) is 9.44. The Balaban J connectivity index is 1.89. The molecule has 3 rings (SSSR count). The first kappa shape index (κ1) is 12.6. The fourth-order valence-corrected chi connectivity index (χ4v) is 2.27. The maximum atomic E-state index is 10.8. The molecule has 0 fully saturated rings. The number of hydrogen-bond donors (Lipinski definition) is 1. The highest BCUT2D eigenvalue weighted by molar-refractivity contribution is 5.84. The molecule has 0 spiro atoms. The molecule has 0 saturated heterocycles. The number of ether oxygens (including phenoxy) is 2. The van der Waals surface area contributed by atoms with Gasteiger partial charge in [0.2, 0.25) is 5.76 Å². The van der Waals surface area contributed by atoms with E-state index in [2.05, 4.69) is 0 Å². The van der Waals surface area contributed by atoms with Crippen molar-refractivity contribution >= 4 is 5.97 Å². The number of carboxylic acids is 1. The normalized spacial score (nSPS) is 15.5. The fourth-order valence-electron chi connectivity index (χ4n) is 2.27. The van der Waals surface area contributed by atoms with Crippen LogP contribution in [0.2, 0.25) is 0 Å². The van der Waals surface area contributed by atoms with Crippen molar-refractivity contribution in [2.24, 2.45) is 0 Å². The van der Waals surface area contributed by atoms with E-state index in [1.807, 2.05) is 26.0 Å². The van der Waals surface area contributed by atoms with Gasteiger partial charge in [0.25, 0.3) is 5.95 Å². The lowest BCUT2D eigenvalue weighted by Crippen LogP contribution is -2.24. The summed E-state index contributed by atoms with van der Waals surface area (Å²) in [5.74, 6) is 0.0543. The Morgan fingerprint density at radius 1 is 1.30 bits per heavy atom. The van der Waals surface area contributed by atoms with Crippen LogP contribution in [-0.2, 0) is 6.42 Å². The van der Waals surface area contributed by atoms with Gasteiger partial charge < -0.3 is 19.0 Å².